The first kappa shape index (κ1) is 16.1. The SMILES string of the molecule is CCN(c1ncccc1OC(C)C)C1CCCCC1CN. The highest BCUT2D eigenvalue weighted by Crippen LogP contribution is 2.34. The third-order valence-corrected chi connectivity index (χ3v) is 4.30. The Bertz CT molecular complexity index is 436. The second-order valence-corrected chi connectivity index (χ2v) is 6.13. The quantitative estimate of drug-likeness (QED) is 0.874. The van der Waals surface area contributed by atoms with Crippen LogP contribution >= 0.6 is 0 Å². The number of ether oxygens (including phenoxy) is 1. The number of aromatic nitrogens is 1. The van der Waals surface area contributed by atoms with Crippen molar-refractivity contribution >= 4 is 5.82 Å². The zero-order valence-corrected chi connectivity index (χ0v) is 13.6. The van der Waals surface area contributed by atoms with Crippen molar-refractivity contribution in [2.45, 2.75) is 58.6 Å². The molecule has 0 aromatic carbocycles. The summed E-state index contributed by atoms with van der Waals surface area (Å²) in [6, 6.07) is 4.44. The van der Waals surface area contributed by atoms with Gasteiger partial charge in [-0.2, -0.15) is 0 Å². The van der Waals surface area contributed by atoms with E-state index in [0.29, 0.717) is 12.0 Å². The summed E-state index contributed by atoms with van der Waals surface area (Å²) in [5, 5.41) is 0. The van der Waals surface area contributed by atoms with E-state index in [0.717, 1.165) is 24.7 Å². The highest BCUT2D eigenvalue weighted by Gasteiger charge is 2.30. The van der Waals surface area contributed by atoms with Crippen LogP contribution in [0.5, 0.6) is 5.75 Å². The fourth-order valence-electron chi connectivity index (χ4n) is 3.36. The summed E-state index contributed by atoms with van der Waals surface area (Å²) in [5.41, 5.74) is 6.00. The van der Waals surface area contributed by atoms with Gasteiger partial charge in [-0.1, -0.05) is 12.8 Å². The molecule has 1 saturated carbocycles. The largest absolute Gasteiger partial charge is 0.487 e. The number of hydrogen-bond donors (Lipinski definition) is 1. The fraction of sp³-hybridized carbons (Fsp3) is 0.706. The highest BCUT2D eigenvalue weighted by atomic mass is 16.5. The zero-order chi connectivity index (χ0) is 15.2. The third-order valence-electron chi connectivity index (χ3n) is 4.30. The molecule has 1 fully saturated rings. The highest BCUT2D eigenvalue weighted by molar-refractivity contribution is 5.53. The molecular weight excluding hydrogens is 262 g/mol. The van der Waals surface area contributed by atoms with Crippen molar-refractivity contribution in [3.63, 3.8) is 0 Å². The third kappa shape index (κ3) is 3.88. The Hall–Kier alpha value is -1.29. The van der Waals surface area contributed by atoms with Crippen LogP contribution < -0.4 is 15.4 Å². The average molecular weight is 291 g/mol. The molecule has 0 bridgehead atoms. The molecule has 21 heavy (non-hydrogen) atoms. The van der Waals surface area contributed by atoms with Crippen molar-refractivity contribution in [2.24, 2.45) is 11.7 Å². The average Bonchev–Trinajstić information content (AvgIpc) is 2.49. The number of rotatable bonds is 6. The molecule has 2 unspecified atom stereocenters. The Morgan fingerprint density at radius 2 is 2.14 bits per heavy atom. The minimum Gasteiger partial charge on any atom is -0.487 e. The summed E-state index contributed by atoms with van der Waals surface area (Å²) >= 11 is 0. The van der Waals surface area contributed by atoms with Crippen molar-refractivity contribution in [3.05, 3.63) is 18.3 Å². The molecule has 1 aliphatic rings. The van der Waals surface area contributed by atoms with Gasteiger partial charge in [0.1, 0.15) is 0 Å². The summed E-state index contributed by atoms with van der Waals surface area (Å²) in [4.78, 5) is 7.00. The monoisotopic (exact) mass is 291 g/mol. The fourth-order valence-corrected chi connectivity index (χ4v) is 3.36. The predicted octanol–water partition coefficient (Wildman–Crippen LogP) is 3.21. The van der Waals surface area contributed by atoms with Crippen LogP contribution in [-0.2, 0) is 0 Å². The van der Waals surface area contributed by atoms with E-state index < -0.39 is 0 Å². The summed E-state index contributed by atoms with van der Waals surface area (Å²) in [6.07, 6.45) is 7.02. The van der Waals surface area contributed by atoms with Crippen LogP contribution in [0, 0.1) is 5.92 Å². The molecule has 0 aliphatic heterocycles. The van der Waals surface area contributed by atoms with Gasteiger partial charge in [0.2, 0.25) is 0 Å². The molecule has 0 spiro atoms. The van der Waals surface area contributed by atoms with Gasteiger partial charge in [-0.15, -0.1) is 0 Å². The molecule has 1 aromatic heterocycles. The van der Waals surface area contributed by atoms with E-state index in [4.69, 9.17) is 10.5 Å². The Morgan fingerprint density at radius 3 is 2.81 bits per heavy atom. The van der Waals surface area contributed by atoms with Crippen LogP contribution in [0.4, 0.5) is 5.82 Å². The van der Waals surface area contributed by atoms with Gasteiger partial charge in [0.05, 0.1) is 6.10 Å². The van der Waals surface area contributed by atoms with Crippen LogP contribution in [0.3, 0.4) is 0 Å². The van der Waals surface area contributed by atoms with E-state index in [-0.39, 0.29) is 6.10 Å². The van der Waals surface area contributed by atoms with Gasteiger partial charge in [-0.05, 0) is 58.2 Å². The van der Waals surface area contributed by atoms with E-state index in [9.17, 15) is 0 Å². The number of nitrogens with zero attached hydrogens (tertiary/aromatic N) is 2. The molecule has 1 aromatic rings. The van der Waals surface area contributed by atoms with Crippen molar-refractivity contribution < 1.29 is 4.74 Å². The second kappa shape index (κ2) is 7.64. The maximum absolute atomic E-state index is 6.00. The van der Waals surface area contributed by atoms with E-state index in [2.05, 4.69) is 30.7 Å². The van der Waals surface area contributed by atoms with Gasteiger partial charge >= 0.3 is 0 Å². The number of hydrogen-bond acceptors (Lipinski definition) is 4. The van der Waals surface area contributed by atoms with E-state index >= 15 is 0 Å². The van der Waals surface area contributed by atoms with Gasteiger partial charge < -0.3 is 15.4 Å². The molecule has 4 heteroatoms. The maximum atomic E-state index is 6.00. The first-order valence-electron chi connectivity index (χ1n) is 8.25. The Kier molecular flexibility index (Phi) is 5.85. The molecule has 0 saturated heterocycles. The number of nitrogens with two attached hydrogens (primary N) is 1. The van der Waals surface area contributed by atoms with Gasteiger partial charge in [0.15, 0.2) is 11.6 Å². The van der Waals surface area contributed by atoms with E-state index in [1.165, 1.54) is 25.7 Å². The topological polar surface area (TPSA) is 51.4 Å². The molecule has 4 nitrogen and oxygen atoms in total. The molecule has 2 atom stereocenters. The lowest BCUT2D eigenvalue weighted by Crippen LogP contribution is -2.45. The summed E-state index contributed by atoms with van der Waals surface area (Å²) in [6.45, 7) is 7.99. The predicted molar refractivity (Wildman–Crippen MR) is 87.8 cm³/mol. The van der Waals surface area contributed by atoms with Crippen molar-refractivity contribution in [1.82, 2.24) is 4.98 Å². The molecule has 118 valence electrons. The minimum atomic E-state index is 0.156. The van der Waals surface area contributed by atoms with E-state index in [1.807, 2.05) is 18.3 Å². The van der Waals surface area contributed by atoms with Gasteiger partial charge in [-0.25, -0.2) is 4.98 Å². The molecule has 2 rings (SSSR count). The molecule has 0 radical (unpaired) electrons. The lowest BCUT2D eigenvalue weighted by atomic mass is 9.83. The lowest BCUT2D eigenvalue weighted by molar-refractivity contribution is 0.239. The maximum Gasteiger partial charge on any atom is 0.171 e. The van der Waals surface area contributed by atoms with Crippen LogP contribution in [0.1, 0.15) is 46.5 Å². The zero-order valence-electron chi connectivity index (χ0n) is 13.6. The van der Waals surface area contributed by atoms with Crippen LogP contribution in [-0.4, -0.2) is 30.2 Å². The van der Waals surface area contributed by atoms with Crippen molar-refractivity contribution in [1.29, 1.82) is 0 Å². The number of anilines is 1. The lowest BCUT2D eigenvalue weighted by Gasteiger charge is -2.40. The smallest absolute Gasteiger partial charge is 0.171 e. The molecule has 2 N–H and O–H groups in total. The standard InChI is InChI=1S/C17H29N3O/c1-4-20(15-9-6-5-8-14(15)12-18)17-16(21-13(2)3)10-7-11-19-17/h7,10-11,13-15H,4-6,8-9,12,18H2,1-3H3. The van der Waals surface area contributed by atoms with Crippen LogP contribution in [0.2, 0.25) is 0 Å². The van der Waals surface area contributed by atoms with Crippen LogP contribution in [0.15, 0.2) is 18.3 Å². The van der Waals surface area contributed by atoms with E-state index in [1.54, 1.807) is 0 Å². The summed E-state index contributed by atoms with van der Waals surface area (Å²) < 4.78 is 5.95. The summed E-state index contributed by atoms with van der Waals surface area (Å²) in [7, 11) is 0. The van der Waals surface area contributed by atoms with Gasteiger partial charge in [0.25, 0.3) is 0 Å². The summed E-state index contributed by atoms with van der Waals surface area (Å²) in [5.74, 6) is 2.42. The molecule has 1 heterocycles. The van der Waals surface area contributed by atoms with Gasteiger partial charge in [0, 0.05) is 18.8 Å². The van der Waals surface area contributed by atoms with Crippen molar-refractivity contribution in [3.8, 4) is 5.75 Å². The molecular formula is C17H29N3O. The Balaban J connectivity index is 2.27. The van der Waals surface area contributed by atoms with Crippen molar-refractivity contribution in [2.75, 3.05) is 18.0 Å². The minimum absolute atomic E-state index is 0.156. The number of pyridine rings is 1. The Morgan fingerprint density at radius 1 is 1.38 bits per heavy atom. The molecule has 1 aliphatic carbocycles. The normalized spacial score (nSPS) is 22.3. The van der Waals surface area contributed by atoms with Crippen LogP contribution in [0.25, 0.3) is 0 Å². The first-order valence-corrected chi connectivity index (χ1v) is 8.25. The molecule has 0 amide bonds. The Labute approximate surface area is 128 Å². The second-order valence-electron chi connectivity index (χ2n) is 6.13. The van der Waals surface area contributed by atoms with Gasteiger partial charge in [-0.3, -0.25) is 0 Å². The first-order chi connectivity index (χ1) is 10.2.